The van der Waals surface area contributed by atoms with Gasteiger partial charge in [-0.25, -0.2) is 4.98 Å². The third-order valence-electron chi connectivity index (χ3n) is 3.56. The Morgan fingerprint density at radius 1 is 1.15 bits per heavy atom. The zero-order chi connectivity index (χ0) is 19.6. The van der Waals surface area contributed by atoms with Gasteiger partial charge in [0.05, 0.1) is 4.92 Å². The van der Waals surface area contributed by atoms with Gasteiger partial charge in [0.15, 0.2) is 0 Å². The predicted molar refractivity (Wildman–Crippen MR) is 101 cm³/mol. The molecule has 136 valence electrons. The molecule has 10 heteroatoms. The quantitative estimate of drug-likeness (QED) is 0.504. The molecular formula is C17H10Cl2N4O4. The summed E-state index contributed by atoms with van der Waals surface area (Å²) in [6, 6.07) is 10.4. The Labute approximate surface area is 161 Å². The van der Waals surface area contributed by atoms with Gasteiger partial charge in [0.2, 0.25) is 0 Å². The first-order chi connectivity index (χ1) is 12.8. The summed E-state index contributed by atoms with van der Waals surface area (Å²) in [5.74, 6) is -0.488. The van der Waals surface area contributed by atoms with Crippen LogP contribution < -0.4 is 10.9 Å². The average Bonchev–Trinajstić information content (AvgIpc) is 2.63. The molecular weight excluding hydrogens is 395 g/mol. The highest BCUT2D eigenvalue weighted by molar-refractivity contribution is 6.32. The van der Waals surface area contributed by atoms with E-state index >= 15 is 0 Å². The summed E-state index contributed by atoms with van der Waals surface area (Å²) >= 11 is 11.5. The number of H-pyrrole nitrogens is 1. The lowest BCUT2D eigenvalue weighted by Crippen LogP contribution is -2.24. The molecule has 1 heterocycles. The molecule has 3 aromatic rings. The van der Waals surface area contributed by atoms with Gasteiger partial charge in [0, 0.05) is 28.5 Å². The molecule has 2 N–H and O–H groups in total. The standard InChI is InChI=1S/C17H10Cl2N4O4/c18-10-3-1-9(2-4-10)15-20-8-12(17(25)22-15)16(24)21-11-5-6-13(19)14(7-11)23(26)27/h1-8H,(H,21,24)(H,20,22,25). The first-order valence-corrected chi connectivity index (χ1v) is 8.21. The van der Waals surface area contributed by atoms with Crippen LogP contribution in [0.4, 0.5) is 11.4 Å². The van der Waals surface area contributed by atoms with Crippen LogP contribution in [0, 0.1) is 10.1 Å². The van der Waals surface area contributed by atoms with Gasteiger partial charge in [-0.1, -0.05) is 23.2 Å². The van der Waals surface area contributed by atoms with E-state index in [4.69, 9.17) is 23.2 Å². The fraction of sp³-hybridized carbons (Fsp3) is 0. The Morgan fingerprint density at radius 2 is 1.85 bits per heavy atom. The van der Waals surface area contributed by atoms with Crippen LogP contribution in [-0.4, -0.2) is 20.8 Å². The smallest absolute Gasteiger partial charge is 0.289 e. The van der Waals surface area contributed by atoms with E-state index in [-0.39, 0.29) is 27.8 Å². The molecule has 0 spiro atoms. The van der Waals surface area contributed by atoms with Crippen molar-refractivity contribution in [1.29, 1.82) is 0 Å². The molecule has 8 nitrogen and oxygen atoms in total. The number of nitrogens with zero attached hydrogens (tertiary/aromatic N) is 2. The Hall–Kier alpha value is -3.23. The molecule has 0 fully saturated rings. The lowest BCUT2D eigenvalue weighted by molar-refractivity contribution is -0.384. The zero-order valence-electron chi connectivity index (χ0n) is 13.4. The lowest BCUT2D eigenvalue weighted by Gasteiger charge is -2.06. The van der Waals surface area contributed by atoms with Crippen LogP contribution in [0.3, 0.4) is 0 Å². The molecule has 27 heavy (non-hydrogen) atoms. The molecule has 0 atom stereocenters. The van der Waals surface area contributed by atoms with Crippen molar-refractivity contribution in [3.63, 3.8) is 0 Å². The van der Waals surface area contributed by atoms with Crippen molar-refractivity contribution in [3.05, 3.63) is 84.7 Å². The molecule has 0 bridgehead atoms. The molecule has 1 amide bonds. The van der Waals surface area contributed by atoms with Gasteiger partial charge in [-0.15, -0.1) is 0 Å². The maximum atomic E-state index is 12.3. The highest BCUT2D eigenvalue weighted by atomic mass is 35.5. The minimum atomic E-state index is -0.761. The van der Waals surface area contributed by atoms with Gasteiger partial charge >= 0.3 is 0 Å². The first kappa shape index (κ1) is 18.6. The van der Waals surface area contributed by atoms with Crippen LogP contribution in [0.25, 0.3) is 11.4 Å². The van der Waals surface area contributed by atoms with E-state index in [9.17, 15) is 19.7 Å². The molecule has 0 aliphatic carbocycles. The second kappa shape index (κ2) is 7.56. The van der Waals surface area contributed by atoms with Gasteiger partial charge < -0.3 is 10.3 Å². The SMILES string of the molecule is O=C(Nc1ccc(Cl)c([N+](=O)[O-])c1)c1cnc(-c2ccc(Cl)cc2)[nH]c1=O. The maximum Gasteiger partial charge on any atom is 0.289 e. The lowest BCUT2D eigenvalue weighted by atomic mass is 10.2. The largest absolute Gasteiger partial charge is 0.322 e. The number of hydrogen-bond acceptors (Lipinski definition) is 5. The van der Waals surface area contributed by atoms with Gasteiger partial charge in [0.1, 0.15) is 16.4 Å². The van der Waals surface area contributed by atoms with Crippen molar-refractivity contribution in [2.45, 2.75) is 0 Å². The van der Waals surface area contributed by atoms with Crippen molar-refractivity contribution in [2.24, 2.45) is 0 Å². The predicted octanol–water partition coefficient (Wildman–Crippen LogP) is 3.90. The number of hydrogen-bond donors (Lipinski definition) is 2. The van der Waals surface area contributed by atoms with E-state index in [0.717, 1.165) is 12.3 Å². The molecule has 0 aliphatic rings. The number of nitro benzene ring substituents is 1. The molecule has 0 saturated heterocycles. The number of nitro groups is 1. The molecule has 0 aliphatic heterocycles. The summed E-state index contributed by atoms with van der Waals surface area (Å²) < 4.78 is 0. The van der Waals surface area contributed by atoms with Crippen LogP contribution in [-0.2, 0) is 0 Å². The summed E-state index contributed by atoms with van der Waals surface area (Å²) in [6.07, 6.45) is 1.13. The normalized spacial score (nSPS) is 10.4. The topological polar surface area (TPSA) is 118 Å². The number of halogens is 2. The van der Waals surface area contributed by atoms with Crippen LogP contribution in [0.15, 0.2) is 53.5 Å². The first-order valence-electron chi connectivity index (χ1n) is 7.45. The number of benzene rings is 2. The summed E-state index contributed by atoms with van der Waals surface area (Å²) in [5, 5.41) is 13.8. The highest BCUT2D eigenvalue weighted by Gasteiger charge is 2.17. The van der Waals surface area contributed by atoms with Crippen molar-refractivity contribution in [2.75, 3.05) is 5.32 Å². The second-order valence-corrected chi connectivity index (χ2v) is 6.20. The van der Waals surface area contributed by atoms with Crippen LogP contribution in [0.5, 0.6) is 0 Å². The van der Waals surface area contributed by atoms with Gasteiger partial charge in [-0.2, -0.15) is 0 Å². The van der Waals surface area contributed by atoms with Gasteiger partial charge in [0.25, 0.3) is 17.2 Å². The Bertz CT molecular complexity index is 1100. The second-order valence-electron chi connectivity index (χ2n) is 5.36. The molecule has 3 rings (SSSR count). The zero-order valence-corrected chi connectivity index (χ0v) is 14.9. The monoisotopic (exact) mass is 404 g/mol. The fourth-order valence-corrected chi connectivity index (χ4v) is 2.55. The summed E-state index contributed by atoms with van der Waals surface area (Å²) in [4.78, 5) is 41.4. The number of amides is 1. The number of aromatic nitrogens is 2. The maximum absolute atomic E-state index is 12.3. The Balaban J connectivity index is 1.85. The highest BCUT2D eigenvalue weighted by Crippen LogP contribution is 2.27. The summed E-state index contributed by atoms with van der Waals surface area (Å²) in [6.45, 7) is 0. The number of nitrogens with one attached hydrogen (secondary N) is 2. The van der Waals surface area contributed by atoms with E-state index < -0.39 is 16.4 Å². The Kier molecular flexibility index (Phi) is 5.20. The average molecular weight is 405 g/mol. The number of carbonyl (C=O) groups is 1. The number of carbonyl (C=O) groups excluding carboxylic acids is 1. The minimum absolute atomic E-state index is 0.0650. The van der Waals surface area contributed by atoms with Crippen molar-refractivity contribution >= 4 is 40.5 Å². The third kappa shape index (κ3) is 4.13. The number of rotatable bonds is 4. The van der Waals surface area contributed by atoms with Crippen LogP contribution in [0.2, 0.25) is 10.0 Å². The van der Waals surface area contributed by atoms with E-state index in [2.05, 4.69) is 15.3 Å². The van der Waals surface area contributed by atoms with E-state index in [1.54, 1.807) is 24.3 Å². The molecule has 2 aromatic carbocycles. The molecule has 0 saturated carbocycles. The van der Waals surface area contributed by atoms with Gasteiger partial charge in [-0.3, -0.25) is 19.7 Å². The molecule has 0 radical (unpaired) electrons. The van der Waals surface area contributed by atoms with Crippen LogP contribution >= 0.6 is 23.2 Å². The molecule has 1 aromatic heterocycles. The molecule has 0 unspecified atom stereocenters. The van der Waals surface area contributed by atoms with Crippen molar-refractivity contribution < 1.29 is 9.72 Å². The van der Waals surface area contributed by atoms with E-state index in [1.165, 1.54) is 12.1 Å². The number of anilines is 1. The minimum Gasteiger partial charge on any atom is -0.322 e. The van der Waals surface area contributed by atoms with Crippen LogP contribution in [0.1, 0.15) is 10.4 Å². The van der Waals surface area contributed by atoms with E-state index in [0.29, 0.717) is 10.6 Å². The van der Waals surface area contributed by atoms with Gasteiger partial charge in [-0.05, 0) is 36.4 Å². The van der Waals surface area contributed by atoms with Crippen molar-refractivity contribution in [1.82, 2.24) is 9.97 Å². The summed E-state index contributed by atoms with van der Waals surface area (Å²) in [7, 11) is 0. The third-order valence-corrected chi connectivity index (χ3v) is 4.13. The van der Waals surface area contributed by atoms with Crippen molar-refractivity contribution in [3.8, 4) is 11.4 Å². The fourth-order valence-electron chi connectivity index (χ4n) is 2.24. The summed E-state index contributed by atoms with van der Waals surface area (Å²) in [5.41, 5.74) is -0.519. The number of aromatic amines is 1. The van der Waals surface area contributed by atoms with E-state index in [1.807, 2.05) is 0 Å². The Morgan fingerprint density at radius 3 is 2.48 bits per heavy atom.